The van der Waals surface area contributed by atoms with Gasteiger partial charge in [-0.15, -0.1) is 0 Å². The first-order chi connectivity index (χ1) is 4.34. The Morgan fingerprint density at radius 1 is 1.89 bits per heavy atom. The number of aliphatic hydroxyl groups is 1. The number of aliphatic hydroxyl groups excluding tert-OH is 1. The Morgan fingerprint density at radius 3 is 3.00 bits per heavy atom. The zero-order chi connectivity index (χ0) is 6.69. The molecule has 1 N–H and O–H groups in total. The predicted octanol–water partition coefficient (Wildman–Crippen LogP) is -0.217. The molecule has 2 atom stereocenters. The monoisotopic (exact) mass is 132 g/mol. The van der Waals surface area contributed by atoms with Crippen LogP contribution in [0.4, 0.5) is 0 Å². The van der Waals surface area contributed by atoms with Crippen molar-refractivity contribution in [2.45, 2.75) is 19.1 Å². The second-order valence-corrected chi connectivity index (χ2v) is 2.10. The number of ether oxygens (including phenoxy) is 2. The summed E-state index contributed by atoms with van der Waals surface area (Å²) in [5, 5.41) is 9.07. The topological polar surface area (TPSA) is 42.0 Å². The Bertz CT molecular complexity index is 80.4. The van der Waals surface area contributed by atoms with Crippen molar-refractivity contribution in [3.05, 3.63) is 0 Å². The molecule has 3 heteroatoms. The van der Waals surface area contributed by atoms with Crippen LogP contribution in [0.25, 0.3) is 0 Å². The van der Waals surface area contributed by atoms with Crippen LogP contribution in [0, 0.1) is 0 Å². The van der Waals surface area contributed by atoms with E-state index in [4.69, 9.17) is 14.6 Å². The van der Waals surface area contributed by atoms with E-state index in [1.54, 1.807) is 0 Å². The predicted molar refractivity (Wildman–Crippen MR) is 32.2 cm³/mol. The molecule has 1 fully saturated rings. The normalized spacial score (nSPS) is 28.0. The molecule has 0 spiro atoms. The Labute approximate surface area is 54.6 Å². The zero-order valence-electron chi connectivity index (χ0n) is 5.54. The van der Waals surface area contributed by atoms with Crippen LogP contribution in [0.5, 0.6) is 0 Å². The SMILES string of the molecule is CCOCC(O)C1CO1. The molecule has 0 bridgehead atoms. The van der Waals surface area contributed by atoms with Gasteiger partial charge in [0.05, 0.1) is 13.2 Å². The van der Waals surface area contributed by atoms with E-state index in [-0.39, 0.29) is 6.10 Å². The first-order valence-corrected chi connectivity index (χ1v) is 3.22. The van der Waals surface area contributed by atoms with Crippen LogP contribution in [-0.4, -0.2) is 37.1 Å². The molecule has 2 unspecified atom stereocenters. The number of epoxide rings is 1. The number of rotatable bonds is 4. The molecule has 1 aliphatic heterocycles. The van der Waals surface area contributed by atoms with Crippen molar-refractivity contribution < 1.29 is 14.6 Å². The van der Waals surface area contributed by atoms with Crippen LogP contribution in [0.2, 0.25) is 0 Å². The summed E-state index contributed by atoms with van der Waals surface area (Å²) in [6.07, 6.45) is -0.360. The highest BCUT2D eigenvalue weighted by molar-refractivity contribution is 4.77. The van der Waals surface area contributed by atoms with Crippen molar-refractivity contribution in [1.82, 2.24) is 0 Å². The molecule has 0 saturated carbocycles. The summed E-state index contributed by atoms with van der Waals surface area (Å²) in [4.78, 5) is 0. The van der Waals surface area contributed by atoms with E-state index < -0.39 is 6.10 Å². The van der Waals surface area contributed by atoms with E-state index in [1.165, 1.54) is 0 Å². The van der Waals surface area contributed by atoms with Gasteiger partial charge in [-0.1, -0.05) is 0 Å². The Kier molecular flexibility index (Phi) is 2.45. The average Bonchev–Trinajstić information content (AvgIpc) is 2.63. The molecule has 0 aliphatic carbocycles. The molecule has 1 aliphatic rings. The highest BCUT2D eigenvalue weighted by Crippen LogP contribution is 2.13. The van der Waals surface area contributed by atoms with Crippen LogP contribution >= 0.6 is 0 Å². The smallest absolute Gasteiger partial charge is 0.109 e. The van der Waals surface area contributed by atoms with Gasteiger partial charge in [-0.3, -0.25) is 0 Å². The Morgan fingerprint density at radius 2 is 2.56 bits per heavy atom. The second kappa shape index (κ2) is 3.15. The summed E-state index contributed by atoms with van der Waals surface area (Å²) in [7, 11) is 0. The summed E-state index contributed by atoms with van der Waals surface area (Å²) in [6.45, 7) is 3.65. The van der Waals surface area contributed by atoms with Crippen LogP contribution < -0.4 is 0 Å². The fourth-order valence-corrected chi connectivity index (χ4v) is 0.624. The summed E-state index contributed by atoms with van der Waals surface area (Å²) in [6, 6.07) is 0. The van der Waals surface area contributed by atoms with Crippen molar-refractivity contribution in [1.29, 1.82) is 0 Å². The standard InChI is InChI=1S/C6H12O3/c1-2-8-3-5(7)6-4-9-6/h5-7H,2-4H2,1H3. The largest absolute Gasteiger partial charge is 0.388 e. The van der Waals surface area contributed by atoms with Crippen LogP contribution in [0.1, 0.15) is 6.92 Å². The maximum atomic E-state index is 9.07. The molecule has 0 amide bonds. The van der Waals surface area contributed by atoms with Crippen LogP contribution in [0.3, 0.4) is 0 Å². The molecule has 1 heterocycles. The lowest BCUT2D eigenvalue weighted by Gasteiger charge is -2.05. The Hall–Kier alpha value is -0.120. The van der Waals surface area contributed by atoms with Gasteiger partial charge >= 0.3 is 0 Å². The summed E-state index contributed by atoms with van der Waals surface area (Å²) >= 11 is 0. The molecular formula is C6H12O3. The third-order valence-electron chi connectivity index (χ3n) is 1.28. The van der Waals surface area contributed by atoms with Gasteiger partial charge in [0.25, 0.3) is 0 Å². The van der Waals surface area contributed by atoms with Crippen molar-refractivity contribution >= 4 is 0 Å². The van der Waals surface area contributed by atoms with Crippen molar-refractivity contribution in [3.8, 4) is 0 Å². The quantitative estimate of drug-likeness (QED) is 0.538. The molecule has 3 nitrogen and oxygen atoms in total. The van der Waals surface area contributed by atoms with Gasteiger partial charge in [0.15, 0.2) is 0 Å². The van der Waals surface area contributed by atoms with E-state index in [0.717, 1.165) is 0 Å². The third-order valence-corrected chi connectivity index (χ3v) is 1.28. The lowest BCUT2D eigenvalue weighted by atomic mass is 10.3. The molecule has 0 radical (unpaired) electrons. The number of hydrogen-bond donors (Lipinski definition) is 1. The summed E-state index contributed by atoms with van der Waals surface area (Å²) < 4.78 is 9.80. The fourth-order valence-electron chi connectivity index (χ4n) is 0.624. The fraction of sp³-hybridized carbons (Fsp3) is 1.00. The minimum atomic E-state index is -0.412. The lowest BCUT2D eigenvalue weighted by Crippen LogP contribution is -2.21. The minimum Gasteiger partial charge on any atom is -0.388 e. The highest BCUT2D eigenvalue weighted by atomic mass is 16.6. The third kappa shape index (κ3) is 2.30. The first kappa shape index (κ1) is 6.99. The molecule has 9 heavy (non-hydrogen) atoms. The average molecular weight is 132 g/mol. The summed E-state index contributed by atoms with van der Waals surface area (Å²) in [5.41, 5.74) is 0. The zero-order valence-corrected chi connectivity index (χ0v) is 5.54. The van der Waals surface area contributed by atoms with Gasteiger partial charge in [-0.05, 0) is 6.92 Å². The van der Waals surface area contributed by atoms with E-state index in [0.29, 0.717) is 19.8 Å². The van der Waals surface area contributed by atoms with Crippen molar-refractivity contribution in [2.75, 3.05) is 19.8 Å². The minimum absolute atomic E-state index is 0.0524. The van der Waals surface area contributed by atoms with Crippen LogP contribution in [-0.2, 0) is 9.47 Å². The Balaban J connectivity index is 1.96. The molecule has 0 aromatic rings. The van der Waals surface area contributed by atoms with Crippen LogP contribution in [0.15, 0.2) is 0 Å². The van der Waals surface area contributed by atoms with Crippen molar-refractivity contribution in [3.63, 3.8) is 0 Å². The molecule has 1 saturated heterocycles. The maximum Gasteiger partial charge on any atom is 0.109 e. The molecule has 0 aromatic heterocycles. The van der Waals surface area contributed by atoms with Gasteiger partial charge in [0, 0.05) is 6.61 Å². The molecule has 54 valence electrons. The first-order valence-electron chi connectivity index (χ1n) is 3.22. The maximum absolute atomic E-state index is 9.07. The van der Waals surface area contributed by atoms with Gasteiger partial charge in [0.2, 0.25) is 0 Å². The highest BCUT2D eigenvalue weighted by Gasteiger charge is 2.30. The molecule has 1 rings (SSSR count). The van der Waals surface area contributed by atoms with Gasteiger partial charge < -0.3 is 14.6 Å². The van der Waals surface area contributed by atoms with E-state index in [2.05, 4.69) is 0 Å². The van der Waals surface area contributed by atoms with E-state index >= 15 is 0 Å². The van der Waals surface area contributed by atoms with E-state index in [9.17, 15) is 0 Å². The van der Waals surface area contributed by atoms with Gasteiger partial charge in [-0.2, -0.15) is 0 Å². The van der Waals surface area contributed by atoms with E-state index in [1.807, 2.05) is 6.92 Å². The lowest BCUT2D eigenvalue weighted by molar-refractivity contribution is 0.0271. The molecule has 0 aromatic carbocycles. The van der Waals surface area contributed by atoms with Gasteiger partial charge in [-0.25, -0.2) is 0 Å². The van der Waals surface area contributed by atoms with Gasteiger partial charge in [0.1, 0.15) is 12.2 Å². The molecular weight excluding hydrogens is 120 g/mol. The summed E-state index contributed by atoms with van der Waals surface area (Å²) in [5.74, 6) is 0. The second-order valence-electron chi connectivity index (χ2n) is 2.10. The number of hydrogen-bond acceptors (Lipinski definition) is 3. The van der Waals surface area contributed by atoms with Crippen molar-refractivity contribution in [2.24, 2.45) is 0 Å².